The molecule has 0 radical (unpaired) electrons. The summed E-state index contributed by atoms with van der Waals surface area (Å²) in [5.74, 6) is 0.839. The highest BCUT2D eigenvalue weighted by Gasteiger charge is 2.16. The van der Waals surface area contributed by atoms with Crippen molar-refractivity contribution in [3.8, 4) is 0 Å². The van der Waals surface area contributed by atoms with Crippen molar-refractivity contribution in [2.45, 2.75) is 52.0 Å². The van der Waals surface area contributed by atoms with Crippen molar-refractivity contribution in [3.63, 3.8) is 0 Å². The van der Waals surface area contributed by atoms with Crippen molar-refractivity contribution >= 4 is 17.3 Å². The van der Waals surface area contributed by atoms with Crippen LogP contribution in [0.2, 0.25) is 5.02 Å². The molecule has 1 saturated carbocycles. The van der Waals surface area contributed by atoms with E-state index in [9.17, 15) is 0 Å². The number of nitrogens with one attached hydrogen (secondary N) is 1. The van der Waals surface area contributed by atoms with Crippen LogP contribution < -0.4 is 10.2 Å². The van der Waals surface area contributed by atoms with Crippen LogP contribution in [-0.2, 0) is 6.54 Å². The molecule has 0 saturated heterocycles. The quantitative estimate of drug-likeness (QED) is 0.724. The lowest BCUT2D eigenvalue weighted by atomic mass is 9.89. The third-order valence-corrected chi connectivity index (χ3v) is 4.74. The fourth-order valence-electron chi connectivity index (χ4n) is 3.23. The molecule has 1 aromatic rings. The van der Waals surface area contributed by atoms with E-state index >= 15 is 0 Å². The zero-order valence-electron chi connectivity index (χ0n) is 13.5. The van der Waals surface area contributed by atoms with Crippen molar-refractivity contribution in [1.82, 2.24) is 5.32 Å². The van der Waals surface area contributed by atoms with Gasteiger partial charge in [-0.25, -0.2) is 0 Å². The van der Waals surface area contributed by atoms with Gasteiger partial charge >= 0.3 is 0 Å². The lowest BCUT2D eigenvalue weighted by Gasteiger charge is -2.29. The second-order valence-corrected chi connectivity index (χ2v) is 6.75. The maximum Gasteiger partial charge on any atom is 0.0642 e. The van der Waals surface area contributed by atoms with Crippen LogP contribution in [0.1, 0.15) is 51.0 Å². The highest BCUT2D eigenvalue weighted by molar-refractivity contribution is 6.33. The van der Waals surface area contributed by atoms with Gasteiger partial charge in [-0.05, 0) is 49.4 Å². The van der Waals surface area contributed by atoms with E-state index < -0.39 is 0 Å². The highest BCUT2D eigenvalue weighted by atomic mass is 35.5. The van der Waals surface area contributed by atoms with Crippen LogP contribution in [-0.4, -0.2) is 20.1 Å². The molecule has 0 unspecified atom stereocenters. The summed E-state index contributed by atoms with van der Waals surface area (Å²) >= 11 is 6.49. The fourth-order valence-corrected chi connectivity index (χ4v) is 3.58. The number of nitrogens with zero attached hydrogens (tertiary/aromatic N) is 1. The Balaban J connectivity index is 1.92. The maximum atomic E-state index is 6.49. The van der Waals surface area contributed by atoms with Crippen molar-refractivity contribution < 1.29 is 0 Å². The molecule has 0 bridgehead atoms. The number of anilines is 1. The van der Waals surface area contributed by atoms with E-state index in [1.54, 1.807) is 0 Å². The summed E-state index contributed by atoms with van der Waals surface area (Å²) in [7, 11) is 2.17. The molecular formula is C18H29ClN2. The molecule has 0 atom stereocenters. The first-order chi connectivity index (χ1) is 10.2. The first-order valence-corrected chi connectivity index (χ1v) is 8.78. The highest BCUT2D eigenvalue weighted by Crippen LogP contribution is 2.30. The summed E-state index contributed by atoms with van der Waals surface area (Å²) in [4.78, 5) is 2.33. The van der Waals surface area contributed by atoms with Crippen molar-refractivity contribution in [3.05, 3.63) is 28.8 Å². The van der Waals surface area contributed by atoms with Gasteiger partial charge in [0.25, 0.3) is 0 Å². The van der Waals surface area contributed by atoms with Crippen molar-refractivity contribution in [2.75, 3.05) is 25.0 Å². The molecule has 2 nitrogen and oxygen atoms in total. The summed E-state index contributed by atoms with van der Waals surface area (Å²) in [6.07, 6.45) is 8.13. The molecular weight excluding hydrogens is 280 g/mol. The summed E-state index contributed by atoms with van der Waals surface area (Å²) in [6.45, 7) is 5.28. The number of rotatable bonds is 7. The zero-order valence-corrected chi connectivity index (χ0v) is 14.3. The van der Waals surface area contributed by atoms with Gasteiger partial charge in [0.15, 0.2) is 0 Å². The van der Waals surface area contributed by atoms with Gasteiger partial charge in [0.2, 0.25) is 0 Å². The van der Waals surface area contributed by atoms with Gasteiger partial charge in [-0.3, -0.25) is 0 Å². The number of benzene rings is 1. The van der Waals surface area contributed by atoms with Gasteiger partial charge in [0.05, 0.1) is 10.7 Å². The molecule has 3 heteroatoms. The lowest BCUT2D eigenvalue weighted by Crippen LogP contribution is -2.27. The van der Waals surface area contributed by atoms with Crippen LogP contribution in [0.4, 0.5) is 5.69 Å². The molecule has 0 heterocycles. The third kappa shape index (κ3) is 5.19. The minimum atomic E-state index is 0.839. The van der Waals surface area contributed by atoms with Crippen LogP contribution in [0, 0.1) is 5.92 Å². The van der Waals surface area contributed by atoms with Gasteiger partial charge in [-0.1, -0.05) is 43.9 Å². The van der Waals surface area contributed by atoms with Crippen LogP contribution in [0.3, 0.4) is 0 Å². The molecule has 1 fully saturated rings. The van der Waals surface area contributed by atoms with Gasteiger partial charge in [0, 0.05) is 20.1 Å². The Hall–Kier alpha value is -0.730. The lowest BCUT2D eigenvalue weighted by molar-refractivity contribution is 0.362. The number of hydrogen-bond acceptors (Lipinski definition) is 2. The largest absolute Gasteiger partial charge is 0.373 e. The Labute approximate surface area is 134 Å². The molecule has 0 aliphatic heterocycles. The summed E-state index contributed by atoms with van der Waals surface area (Å²) in [5, 5.41) is 4.30. The van der Waals surface area contributed by atoms with Gasteiger partial charge < -0.3 is 10.2 Å². The molecule has 0 amide bonds. The predicted molar refractivity (Wildman–Crippen MR) is 93.3 cm³/mol. The molecule has 0 spiro atoms. The Morgan fingerprint density at radius 1 is 1.24 bits per heavy atom. The summed E-state index contributed by atoms with van der Waals surface area (Å²) in [6, 6.07) is 6.48. The first-order valence-electron chi connectivity index (χ1n) is 8.41. The second kappa shape index (κ2) is 8.65. The normalized spacial score (nSPS) is 16.1. The van der Waals surface area contributed by atoms with Gasteiger partial charge in [-0.15, -0.1) is 0 Å². The Bertz CT molecular complexity index is 427. The minimum absolute atomic E-state index is 0.839. The SMILES string of the molecule is CCCNCc1ccc(N(C)CC2CCCCC2)c(Cl)c1. The maximum absolute atomic E-state index is 6.49. The van der Waals surface area contributed by atoms with Crippen LogP contribution >= 0.6 is 11.6 Å². The number of halogens is 1. The minimum Gasteiger partial charge on any atom is -0.373 e. The molecule has 1 aromatic carbocycles. The molecule has 21 heavy (non-hydrogen) atoms. The fraction of sp³-hybridized carbons (Fsp3) is 0.667. The molecule has 0 aromatic heterocycles. The Morgan fingerprint density at radius 3 is 2.67 bits per heavy atom. The van der Waals surface area contributed by atoms with E-state index in [1.165, 1.54) is 43.4 Å². The van der Waals surface area contributed by atoms with E-state index in [4.69, 9.17) is 11.6 Å². The number of hydrogen-bond donors (Lipinski definition) is 1. The monoisotopic (exact) mass is 308 g/mol. The van der Waals surface area contributed by atoms with Crippen LogP contribution in [0.15, 0.2) is 18.2 Å². The Morgan fingerprint density at radius 2 is 2.00 bits per heavy atom. The predicted octanol–water partition coefficient (Wildman–Crippen LogP) is 4.86. The van der Waals surface area contributed by atoms with E-state index in [1.807, 2.05) is 0 Å². The standard InChI is InChI=1S/C18H29ClN2/c1-3-11-20-13-16-9-10-18(17(19)12-16)21(2)14-15-7-5-4-6-8-15/h9-10,12,15,20H,3-8,11,13-14H2,1-2H3. The van der Waals surface area contributed by atoms with Crippen LogP contribution in [0.25, 0.3) is 0 Å². The molecule has 1 aliphatic carbocycles. The second-order valence-electron chi connectivity index (χ2n) is 6.35. The van der Waals surface area contributed by atoms with Gasteiger partial charge in [0.1, 0.15) is 0 Å². The van der Waals surface area contributed by atoms with E-state index in [-0.39, 0.29) is 0 Å². The average Bonchev–Trinajstić information content (AvgIpc) is 2.48. The molecule has 2 rings (SSSR count). The first kappa shape index (κ1) is 16.6. The zero-order chi connectivity index (χ0) is 15.1. The van der Waals surface area contributed by atoms with Crippen molar-refractivity contribution in [1.29, 1.82) is 0 Å². The topological polar surface area (TPSA) is 15.3 Å². The third-order valence-electron chi connectivity index (χ3n) is 4.44. The van der Waals surface area contributed by atoms with Gasteiger partial charge in [-0.2, -0.15) is 0 Å². The molecule has 1 aliphatic rings. The van der Waals surface area contributed by atoms with Crippen LogP contribution in [0.5, 0.6) is 0 Å². The van der Waals surface area contributed by atoms with E-state index in [0.717, 1.165) is 37.0 Å². The summed E-state index contributed by atoms with van der Waals surface area (Å²) in [5.41, 5.74) is 2.43. The Kier molecular flexibility index (Phi) is 6.85. The van der Waals surface area contributed by atoms with E-state index in [2.05, 4.69) is 42.4 Å². The summed E-state index contributed by atoms with van der Waals surface area (Å²) < 4.78 is 0. The van der Waals surface area contributed by atoms with E-state index in [0.29, 0.717) is 0 Å². The van der Waals surface area contributed by atoms with Crippen molar-refractivity contribution in [2.24, 2.45) is 5.92 Å². The smallest absolute Gasteiger partial charge is 0.0642 e. The average molecular weight is 309 g/mol. The molecule has 1 N–H and O–H groups in total. The molecule has 118 valence electrons.